The average molecular weight is 302 g/mol. The van der Waals surface area contributed by atoms with Crippen molar-refractivity contribution in [2.75, 3.05) is 19.8 Å². The van der Waals surface area contributed by atoms with E-state index in [1.807, 2.05) is 36.4 Å². The standard InChI is InChI=1S/C18H22O4/c1-18-10-16(18)17(19)22-12-15-7-3-2-6-14(15)11-20-8-4-5-9-21-13-18/h2-7,16H,8-13H2,1H3/b5-4+. The van der Waals surface area contributed by atoms with Crippen molar-refractivity contribution in [1.29, 1.82) is 0 Å². The number of rotatable bonds is 0. The molecule has 0 amide bonds. The van der Waals surface area contributed by atoms with Crippen molar-refractivity contribution in [3.8, 4) is 0 Å². The summed E-state index contributed by atoms with van der Waals surface area (Å²) in [5, 5.41) is 0. The maximum atomic E-state index is 12.2. The van der Waals surface area contributed by atoms with Gasteiger partial charge in [-0.25, -0.2) is 0 Å². The van der Waals surface area contributed by atoms with Gasteiger partial charge in [-0.05, 0) is 17.5 Å². The van der Waals surface area contributed by atoms with E-state index in [4.69, 9.17) is 14.2 Å². The lowest BCUT2D eigenvalue weighted by Gasteiger charge is -2.12. The second kappa shape index (κ2) is 6.63. The normalized spacial score (nSPS) is 31.0. The predicted molar refractivity (Wildman–Crippen MR) is 82.1 cm³/mol. The lowest BCUT2D eigenvalue weighted by molar-refractivity contribution is -0.147. The summed E-state index contributed by atoms with van der Waals surface area (Å²) in [6.07, 6.45) is 4.78. The number of fused-ring (bicyclic) bond motifs is 2. The molecule has 0 aromatic heterocycles. The molecule has 2 unspecified atom stereocenters. The van der Waals surface area contributed by atoms with Crippen molar-refractivity contribution >= 4 is 5.97 Å². The zero-order valence-electron chi connectivity index (χ0n) is 12.9. The van der Waals surface area contributed by atoms with Gasteiger partial charge in [0.15, 0.2) is 0 Å². The summed E-state index contributed by atoms with van der Waals surface area (Å²) < 4.78 is 16.8. The summed E-state index contributed by atoms with van der Waals surface area (Å²) in [6, 6.07) is 7.92. The summed E-state index contributed by atoms with van der Waals surface area (Å²) in [4.78, 5) is 12.2. The quantitative estimate of drug-likeness (QED) is 0.546. The van der Waals surface area contributed by atoms with Crippen LogP contribution in [0, 0.1) is 11.3 Å². The Morgan fingerprint density at radius 1 is 1.05 bits per heavy atom. The molecule has 1 heterocycles. The molecule has 2 atom stereocenters. The molecule has 1 aromatic carbocycles. The van der Waals surface area contributed by atoms with Crippen LogP contribution in [0.5, 0.6) is 0 Å². The van der Waals surface area contributed by atoms with Crippen LogP contribution in [0.15, 0.2) is 36.4 Å². The Hall–Kier alpha value is -1.65. The highest BCUT2D eigenvalue weighted by Gasteiger charge is 2.55. The fourth-order valence-corrected chi connectivity index (χ4v) is 2.76. The van der Waals surface area contributed by atoms with E-state index in [2.05, 4.69) is 6.92 Å². The van der Waals surface area contributed by atoms with Gasteiger partial charge < -0.3 is 14.2 Å². The fraction of sp³-hybridized carbons (Fsp3) is 0.500. The molecule has 0 N–H and O–H groups in total. The van der Waals surface area contributed by atoms with Crippen LogP contribution in [0.1, 0.15) is 24.5 Å². The van der Waals surface area contributed by atoms with E-state index >= 15 is 0 Å². The van der Waals surface area contributed by atoms with Crippen LogP contribution >= 0.6 is 0 Å². The minimum atomic E-state index is -0.118. The molecule has 2 aliphatic rings. The van der Waals surface area contributed by atoms with Crippen molar-refractivity contribution in [2.24, 2.45) is 11.3 Å². The van der Waals surface area contributed by atoms with E-state index in [9.17, 15) is 4.79 Å². The van der Waals surface area contributed by atoms with Gasteiger partial charge in [0.2, 0.25) is 0 Å². The monoisotopic (exact) mass is 302 g/mol. The van der Waals surface area contributed by atoms with Crippen molar-refractivity contribution < 1.29 is 19.0 Å². The van der Waals surface area contributed by atoms with Crippen molar-refractivity contribution in [1.82, 2.24) is 0 Å². The third-order valence-electron chi connectivity index (χ3n) is 4.41. The average Bonchev–Trinajstić information content (AvgIpc) is 3.20. The number of hydrogen-bond acceptors (Lipinski definition) is 4. The largest absolute Gasteiger partial charge is 0.461 e. The molecule has 4 heteroatoms. The first kappa shape index (κ1) is 15.3. The van der Waals surface area contributed by atoms with E-state index in [1.54, 1.807) is 0 Å². The Labute approximate surface area is 131 Å². The summed E-state index contributed by atoms with van der Waals surface area (Å²) >= 11 is 0. The first-order valence-corrected chi connectivity index (χ1v) is 7.73. The van der Waals surface area contributed by atoms with Crippen LogP contribution < -0.4 is 0 Å². The molecular formula is C18H22O4. The number of carbonyl (C=O) groups is 1. The number of benzene rings is 1. The molecule has 0 spiro atoms. The smallest absolute Gasteiger partial charge is 0.309 e. The molecule has 4 nitrogen and oxygen atoms in total. The Morgan fingerprint density at radius 2 is 1.73 bits per heavy atom. The molecule has 3 rings (SSSR count). The summed E-state index contributed by atoms with van der Waals surface area (Å²) in [5.41, 5.74) is 2.00. The zero-order valence-corrected chi connectivity index (χ0v) is 12.9. The molecule has 118 valence electrons. The van der Waals surface area contributed by atoms with Gasteiger partial charge in [0.25, 0.3) is 0 Å². The molecule has 0 bridgehead atoms. The number of carbonyl (C=O) groups excluding carboxylic acids is 1. The minimum Gasteiger partial charge on any atom is -0.461 e. The van der Waals surface area contributed by atoms with Gasteiger partial charge in [-0.3, -0.25) is 4.79 Å². The van der Waals surface area contributed by atoms with E-state index in [-0.39, 0.29) is 17.3 Å². The Kier molecular flexibility index (Phi) is 4.60. The molecule has 22 heavy (non-hydrogen) atoms. The topological polar surface area (TPSA) is 44.8 Å². The van der Waals surface area contributed by atoms with Crippen LogP contribution in [0.4, 0.5) is 0 Å². The van der Waals surface area contributed by atoms with Gasteiger partial charge in [0, 0.05) is 5.41 Å². The van der Waals surface area contributed by atoms with E-state index in [0.29, 0.717) is 33.0 Å². The van der Waals surface area contributed by atoms with Gasteiger partial charge in [-0.15, -0.1) is 0 Å². The summed E-state index contributed by atoms with van der Waals surface area (Å²) in [5.74, 6) is -0.155. The molecule has 1 aromatic rings. The maximum Gasteiger partial charge on any atom is 0.309 e. The van der Waals surface area contributed by atoms with E-state index in [0.717, 1.165) is 17.5 Å². The minimum absolute atomic E-state index is 0.0370. The molecule has 1 saturated carbocycles. The number of esters is 1. The number of cyclic esters (lactones) is 1. The van der Waals surface area contributed by atoms with Crippen molar-refractivity contribution in [3.05, 3.63) is 47.5 Å². The SMILES string of the molecule is CC12COC/C=C/COCc3ccccc3COC(=O)C1C2. The first-order valence-electron chi connectivity index (χ1n) is 7.73. The van der Waals surface area contributed by atoms with Gasteiger partial charge in [0.05, 0.1) is 32.3 Å². The lowest BCUT2D eigenvalue weighted by atomic mass is 10.1. The van der Waals surface area contributed by atoms with Crippen LogP contribution in [-0.4, -0.2) is 25.8 Å². The number of ether oxygens (including phenoxy) is 3. The third-order valence-corrected chi connectivity index (χ3v) is 4.41. The van der Waals surface area contributed by atoms with Crippen molar-refractivity contribution in [3.63, 3.8) is 0 Å². The fourth-order valence-electron chi connectivity index (χ4n) is 2.76. The summed E-state index contributed by atoms with van der Waals surface area (Å²) in [6.45, 7) is 4.60. The highest BCUT2D eigenvalue weighted by Crippen LogP contribution is 2.53. The lowest BCUT2D eigenvalue weighted by Crippen LogP contribution is -2.16. The van der Waals surface area contributed by atoms with Crippen molar-refractivity contribution in [2.45, 2.75) is 26.6 Å². The Bertz CT molecular complexity index is 566. The third kappa shape index (κ3) is 3.57. The second-order valence-electron chi connectivity index (χ2n) is 6.29. The number of hydrogen-bond donors (Lipinski definition) is 0. The van der Waals surface area contributed by atoms with Gasteiger partial charge in [0.1, 0.15) is 6.61 Å². The molecular weight excluding hydrogens is 280 g/mol. The van der Waals surface area contributed by atoms with Gasteiger partial charge in [-0.2, -0.15) is 0 Å². The first-order chi connectivity index (χ1) is 10.7. The van der Waals surface area contributed by atoms with Crippen LogP contribution in [0.25, 0.3) is 0 Å². The summed E-state index contributed by atoms with van der Waals surface area (Å²) in [7, 11) is 0. The molecule has 1 fully saturated rings. The Balaban J connectivity index is 1.71. The molecule has 1 aliphatic carbocycles. The van der Waals surface area contributed by atoms with Gasteiger partial charge in [-0.1, -0.05) is 43.3 Å². The second-order valence-corrected chi connectivity index (χ2v) is 6.29. The van der Waals surface area contributed by atoms with Gasteiger partial charge >= 0.3 is 5.97 Å². The zero-order chi connectivity index (χ0) is 15.4. The van der Waals surface area contributed by atoms with Crippen LogP contribution in [0.2, 0.25) is 0 Å². The maximum absolute atomic E-state index is 12.2. The van der Waals surface area contributed by atoms with E-state index < -0.39 is 0 Å². The highest BCUT2D eigenvalue weighted by molar-refractivity contribution is 5.76. The highest BCUT2D eigenvalue weighted by atomic mass is 16.5. The Morgan fingerprint density at radius 3 is 2.50 bits per heavy atom. The molecule has 0 radical (unpaired) electrons. The molecule has 1 aliphatic heterocycles. The van der Waals surface area contributed by atoms with Crippen LogP contribution in [0.3, 0.4) is 0 Å². The predicted octanol–water partition coefficient (Wildman–Crippen LogP) is 2.86. The van der Waals surface area contributed by atoms with Crippen LogP contribution in [-0.2, 0) is 32.2 Å². The molecule has 0 saturated heterocycles. The van der Waals surface area contributed by atoms with E-state index in [1.165, 1.54) is 0 Å².